The molecule has 0 spiro atoms. The maximum atomic E-state index is 12.3. The van der Waals surface area contributed by atoms with Crippen LogP contribution in [0.3, 0.4) is 0 Å². The largest absolute Gasteiger partial charge is 0.493 e. The van der Waals surface area contributed by atoms with Gasteiger partial charge in [-0.25, -0.2) is 4.79 Å². The molecule has 1 aromatic rings. The van der Waals surface area contributed by atoms with E-state index in [-0.39, 0.29) is 6.09 Å². The number of benzene rings is 1. The Bertz CT molecular complexity index is 618. The second kappa shape index (κ2) is 8.30. The van der Waals surface area contributed by atoms with E-state index in [9.17, 15) is 4.79 Å². The molecule has 0 unspecified atom stereocenters. The Morgan fingerprint density at radius 2 is 1.85 bits per heavy atom. The molecule has 2 aliphatic heterocycles. The van der Waals surface area contributed by atoms with Gasteiger partial charge >= 0.3 is 6.09 Å². The summed E-state index contributed by atoms with van der Waals surface area (Å²) in [6, 6.07) is 6.39. The van der Waals surface area contributed by atoms with E-state index in [1.807, 2.05) is 25.7 Å². The third kappa shape index (κ3) is 5.37. The van der Waals surface area contributed by atoms with Gasteiger partial charge in [0.1, 0.15) is 11.4 Å². The number of nitrogens with zero attached hydrogens (tertiary/aromatic N) is 1. The highest BCUT2D eigenvalue weighted by molar-refractivity contribution is 5.68. The van der Waals surface area contributed by atoms with Crippen molar-refractivity contribution in [3.63, 3.8) is 0 Å². The molecule has 5 heteroatoms. The normalized spacial score (nSPS) is 18.8. The molecule has 0 aromatic heterocycles. The number of nitrogens with one attached hydrogen (secondary N) is 1. The number of carbonyl (C=O) groups is 1. The van der Waals surface area contributed by atoms with E-state index >= 15 is 0 Å². The van der Waals surface area contributed by atoms with Crippen LogP contribution in [0.25, 0.3) is 0 Å². The molecule has 1 N–H and O–H groups in total. The molecule has 0 saturated carbocycles. The van der Waals surface area contributed by atoms with Crippen LogP contribution in [0.2, 0.25) is 0 Å². The first kappa shape index (κ1) is 19.0. The zero-order valence-corrected chi connectivity index (χ0v) is 16.3. The highest BCUT2D eigenvalue weighted by Gasteiger charge is 2.24. The molecule has 144 valence electrons. The Morgan fingerprint density at radius 3 is 2.54 bits per heavy atom. The molecule has 0 radical (unpaired) electrons. The zero-order valence-electron chi connectivity index (χ0n) is 16.3. The first-order chi connectivity index (χ1) is 12.4. The van der Waals surface area contributed by atoms with E-state index in [1.165, 1.54) is 24.0 Å². The molecule has 2 heterocycles. The number of carbonyl (C=O) groups excluding carboxylic acids is 1. The molecule has 1 saturated heterocycles. The third-order valence-corrected chi connectivity index (χ3v) is 5.08. The second-order valence-electron chi connectivity index (χ2n) is 8.40. The lowest BCUT2D eigenvalue weighted by atomic mass is 9.99. The molecular weight excluding hydrogens is 328 g/mol. The monoisotopic (exact) mass is 360 g/mol. The van der Waals surface area contributed by atoms with Crippen LogP contribution in [-0.4, -0.2) is 49.4 Å². The zero-order chi connectivity index (χ0) is 18.6. The van der Waals surface area contributed by atoms with Gasteiger partial charge < -0.3 is 19.7 Å². The lowest BCUT2D eigenvalue weighted by molar-refractivity contribution is 0.0258. The van der Waals surface area contributed by atoms with Gasteiger partial charge in [0.25, 0.3) is 0 Å². The van der Waals surface area contributed by atoms with Gasteiger partial charge in [-0.15, -0.1) is 0 Å². The molecule has 1 fully saturated rings. The molecule has 1 amide bonds. The molecule has 1 aromatic carbocycles. The summed E-state index contributed by atoms with van der Waals surface area (Å²) in [5, 5.41) is 3.39. The summed E-state index contributed by atoms with van der Waals surface area (Å²) in [6.07, 6.45) is 3.88. The van der Waals surface area contributed by atoms with Crippen LogP contribution in [0.5, 0.6) is 5.75 Å². The van der Waals surface area contributed by atoms with Crippen LogP contribution >= 0.6 is 0 Å². The Labute approximate surface area is 157 Å². The fourth-order valence-electron chi connectivity index (χ4n) is 3.56. The lowest BCUT2D eigenvalue weighted by Crippen LogP contribution is -2.38. The van der Waals surface area contributed by atoms with Crippen molar-refractivity contribution in [3.8, 4) is 5.75 Å². The molecule has 0 aliphatic carbocycles. The van der Waals surface area contributed by atoms with E-state index < -0.39 is 5.60 Å². The van der Waals surface area contributed by atoms with Gasteiger partial charge in [-0.2, -0.15) is 0 Å². The Kier molecular flexibility index (Phi) is 6.07. The number of piperidine rings is 1. The van der Waals surface area contributed by atoms with Crippen molar-refractivity contribution in [1.29, 1.82) is 0 Å². The Hall–Kier alpha value is -1.75. The predicted molar refractivity (Wildman–Crippen MR) is 103 cm³/mol. The van der Waals surface area contributed by atoms with Crippen LogP contribution in [-0.2, 0) is 17.6 Å². The lowest BCUT2D eigenvalue weighted by Gasteiger charge is -2.26. The second-order valence-corrected chi connectivity index (χ2v) is 8.40. The van der Waals surface area contributed by atoms with Crippen molar-refractivity contribution < 1.29 is 14.3 Å². The average Bonchev–Trinajstić information content (AvgIpc) is 2.81. The van der Waals surface area contributed by atoms with Crippen molar-refractivity contribution in [1.82, 2.24) is 10.2 Å². The molecule has 0 atom stereocenters. The van der Waals surface area contributed by atoms with Gasteiger partial charge in [-0.05, 0) is 88.7 Å². The first-order valence-electron chi connectivity index (χ1n) is 9.84. The van der Waals surface area contributed by atoms with E-state index in [1.54, 1.807) is 0 Å². The smallest absolute Gasteiger partial charge is 0.410 e. The molecule has 3 rings (SSSR count). The number of ether oxygens (including phenoxy) is 2. The first-order valence-corrected chi connectivity index (χ1v) is 9.84. The van der Waals surface area contributed by atoms with Crippen molar-refractivity contribution in [2.24, 2.45) is 5.92 Å². The van der Waals surface area contributed by atoms with Crippen molar-refractivity contribution in [2.75, 3.05) is 32.8 Å². The van der Waals surface area contributed by atoms with Gasteiger partial charge in [0.2, 0.25) is 0 Å². The van der Waals surface area contributed by atoms with E-state index in [0.717, 1.165) is 38.3 Å². The van der Waals surface area contributed by atoms with E-state index in [2.05, 4.69) is 23.5 Å². The quantitative estimate of drug-likeness (QED) is 0.898. The molecule has 2 aliphatic rings. The van der Waals surface area contributed by atoms with E-state index in [4.69, 9.17) is 9.47 Å². The van der Waals surface area contributed by atoms with E-state index in [0.29, 0.717) is 19.0 Å². The van der Waals surface area contributed by atoms with Crippen LogP contribution in [0.15, 0.2) is 18.2 Å². The van der Waals surface area contributed by atoms with Crippen molar-refractivity contribution in [3.05, 3.63) is 29.3 Å². The fraction of sp³-hybridized carbons (Fsp3) is 0.667. The van der Waals surface area contributed by atoms with Gasteiger partial charge in [0, 0.05) is 13.1 Å². The summed E-state index contributed by atoms with van der Waals surface area (Å²) >= 11 is 0. The number of hydrogen-bond donors (Lipinski definition) is 1. The van der Waals surface area contributed by atoms with Gasteiger partial charge in [-0.1, -0.05) is 6.07 Å². The predicted octanol–water partition coefficient (Wildman–Crippen LogP) is 3.40. The van der Waals surface area contributed by atoms with Crippen LogP contribution in [0.1, 0.15) is 44.7 Å². The minimum absolute atomic E-state index is 0.215. The summed E-state index contributed by atoms with van der Waals surface area (Å²) in [4.78, 5) is 14.2. The van der Waals surface area contributed by atoms with Crippen molar-refractivity contribution in [2.45, 2.75) is 52.1 Å². The van der Waals surface area contributed by atoms with Crippen LogP contribution in [0.4, 0.5) is 4.79 Å². The molecule has 0 bridgehead atoms. The summed E-state index contributed by atoms with van der Waals surface area (Å²) in [6.45, 7) is 10.1. The van der Waals surface area contributed by atoms with Gasteiger partial charge in [0.15, 0.2) is 0 Å². The SMILES string of the molecule is CC(C)(C)OC(=O)N1CCc2ccc(OCC3CCNCC3)cc2CC1. The number of fused-ring (bicyclic) bond motifs is 1. The molecule has 5 nitrogen and oxygen atoms in total. The van der Waals surface area contributed by atoms with Crippen LogP contribution < -0.4 is 10.1 Å². The highest BCUT2D eigenvalue weighted by atomic mass is 16.6. The maximum Gasteiger partial charge on any atom is 0.410 e. The topological polar surface area (TPSA) is 50.8 Å². The standard InChI is InChI=1S/C21H32N2O3/c1-21(2,3)26-20(24)23-12-8-17-4-5-19(14-18(17)9-13-23)25-15-16-6-10-22-11-7-16/h4-5,14,16,22H,6-13,15H2,1-3H3. The maximum absolute atomic E-state index is 12.3. The third-order valence-electron chi connectivity index (χ3n) is 5.08. The minimum Gasteiger partial charge on any atom is -0.493 e. The Morgan fingerprint density at radius 1 is 1.15 bits per heavy atom. The van der Waals surface area contributed by atoms with Crippen LogP contribution in [0, 0.1) is 5.92 Å². The van der Waals surface area contributed by atoms with Gasteiger partial charge in [0.05, 0.1) is 6.61 Å². The number of hydrogen-bond acceptors (Lipinski definition) is 4. The summed E-state index contributed by atoms with van der Waals surface area (Å²) < 4.78 is 11.6. The number of rotatable bonds is 3. The fourth-order valence-corrected chi connectivity index (χ4v) is 3.56. The molecular formula is C21H32N2O3. The van der Waals surface area contributed by atoms with Gasteiger partial charge in [-0.3, -0.25) is 0 Å². The average molecular weight is 360 g/mol. The van der Waals surface area contributed by atoms with Crippen molar-refractivity contribution >= 4 is 6.09 Å². The summed E-state index contributed by atoms with van der Waals surface area (Å²) in [5.41, 5.74) is 2.15. The number of amides is 1. The minimum atomic E-state index is -0.452. The highest BCUT2D eigenvalue weighted by Crippen LogP contribution is 2.24. The Balaban J connectivity index is 1.57. The molecule has 26 heavy (non-hydrogen) atoms. The summed E-state index contributed by atoms with van der Waals surface area (Å²) in [5.74, 6) is 1.60. The summed E-state index contributed by atoms with van der Waals surface area (Å²) in [7, 11) is 0.